The zero-order valence-electron chi connectivity index (χ0n) is 40.0. The molecule has 3 nitrogen and oxygen atoms in total. The third-order valence-corrected chi connectivity index (χ3v) is 14.0. The van der Waals surface area contributed by atoms with E-state index < -0.39 is 0 Å². The molecule has 0 saturated carbocycles. The maximum Gasteiger partial charge on any atom is 0.160 e. The molecule has 0 radical (unpaired) electrons. The van der Waals surface area contributed by atoms with Gasteiger partial charge < -0.3 is 4.57 Å². The number of fused-ring (bicyclic) bond motifs is 3. The predicted molar refractivity (Wildman–Crippen MR) is 305 cm³/mol. The van der Waals surface area contributed by atoms with Crippen molar-refractivity contribution < 1.29 is 0 Å². The van der Waals surface area contributed by atoms with Gasteiger partial charge in [0.05, 0.1) is 22.4 Å². The van der Waals surface area contributed by atoms with Crippen LogP contribution in [0.1, 0.15) is 0 Å². The minimum absolute atomic E-state index is 0.696. The van der Waals surface area contributed by atoms with Crippen LogP contribution >= 0.6 is 0 Å². The average molecular weight is 930 g/mol. The largest absolute Gasteiger partial charge is 0.309 e. The molecule has 2 aromatic heterocycles. The number of rotatable bonds is 10. The monoisotopic (exact) mass is 929 g/mol. The van der Waals surface area contributed by atoms with Gasteiger partial charge in [-0.05, 0) is 121 Å². The molecule has 342 valence electrons. The van der Waals surface area contributed by atoms with Crippen molar-refractivity contribution >= 4 is 21.8 Å². The Morgan fingerprint density at radius 1 is 0.233 bits per heavy atom. The topological polar surface area (TPSA) is 30.7 Å². The molecule has 2 heterocycles. The van der Waals surface area contributed by atoms with Crippen LogP contribution in [-0.4, -0.2) is 14.5 Å². The van der Waals surface area contributed by atoms with Crippen molar-refractivity contribution in [2.24, 2.45) is 0 Å². The Labute approximate surface area is 425 Å². The van der Waals surface area contributed by atoms with Crippen molar-refractivity contribution in [2.75, 3.05) is 0 Å². The second kappa shape index (κ2) is 18.9. The number of aromatic nitrogens is 3. The molecule has 0 fully saturated rings. The molecule has 73 heavy (non-hydrogen) atoms. The Hall–Kier alpha value is -9.70. The van der Waals surface area contributed by atoms with Crippen LogP contribution in [0.25, 0.3) is 128 Å². The van der Waals surface area contributed by atoms with Crippen molar-refractivity contribution in [2.45, 2.75) is 0 Å². The van der Waals surface area contributed by atoms with Gasteiger partial charge in [-0.1, -0.05) is 231 Å². The molecule has 0 aliphatic heterocycles. The summed E-state index contributed by atoms with van der Waals surface area (Å²) in [6.45, 7) is 0. The summed E-state index contributed by atoms with van der Waals surface area (Å²) in [6, 6.07) is 102. The predicted octanol–water partition coefficient (Wildman–Crippen LogP) is 18.6. The second-order valence-electron chi connectivity index (χ2n) is 18.5. The first kappa shape index (κ1) is 43.3. The molecule has 0 atom stereocenters. The fraction of sp³-hybridized carbons (Fsp3) is 0. The number of nitrogens with zero attached hydrogens (tertiary/aromatic N) is 3. The lowest BCUT2D eigenvalue weighted by Crippen LogP contribution is -1.96. The van der Waals surface area contributed by atoms with Crippen molar-refractivity contribution in [3.05, 3.63) is 285 Å². The van der Waals surface area contributed by atoms with Gasteiger partial charge >= 0.3 is 0 Å². The summed E-state index contributed by atoms with van der Waals surface area (Å²) in [5, 5.41) is 2.45. The molecule has 0 amide bonds. The van der Waals surface area contributed by atoms with Gasteiger partial charge in [-0.25, -0.2) is 9.97 Å². The third-order valence-electron chi connectivity index (χ3n) is 14.0. The lowest BCUT2D eigenvalue weighted by atomic mass is 9.84. The van der Waals surface area contributed by atoms with E-state index >= 15 is 0 Å². The lowest BCUT2D eigenvalue weighted by Gasteiger charge is -2.20. The van der Waals surface area contributed by atoms with Crippen LogP contribution in [0.5, 0.6) is 0 Å². The molecule has 0 N–H and O–H groups in total. The maximum atomic E-state index is 5.16. The summed E-state index contributed by atoms with van der Waals surface area (Å²) < 4.78 is 2.38. The van der Waals surface area contributed by atoms with E-state index in [4.69, 9.17) is 9.97 Å². The van der Waals surface area contributed by atoms with Gasteiger partial charge in [0, 0.05) is 33.2 Å². The minimum atomic E-state index is 0.696. The number of para-hydroxylation sites is 2. The zero-order valence-corrected chi connectivity index (χ0v) is 40.0. The van der Waals surface area contributed by atoms with Gasteiger partial charge in [0.2, 0.25) is 0 Å². The van der Waals surface area contributed by atoms with Crippen molar-refractivity contribution in [1.82, 2.24) is 14.5 Å². The van der Waals surface area contributed by atoms with Crippen LogP contribution < -0.4 is 0 Å². The van der Waals surface area contributed by atoms with Crippen molar-refractivity contribution in [1.29, 1.82) is 0 Å². The molecular formula is C70H47N3. The second-order valence-corrected chi connectivity index (χ2v) is 18.5. The summed E-state index contributed by atoms with van der Waals surface area (Å²) in [5.74, 6) is 0.696. The van der Waals surface area contributed by atoms with Gasteiger partial charge in [0.15, 0.2) is 5.82 Å². The van der Waals surface area contributed by atoms with Gasteiger partial charge in [0.25, 0.3) is 0 Å². The summed E-state index contributed by atoms with van der Waals surface area (Å²) in [6.07, 6.45) is 0. The molecule has 0 spiro atoms. The molecule has 0 unspecified atom stereocenters. The van der Waals surface area contributed by atoms with Crippen LogP contribution in [0.15, 0.2) is 285 Å². The van der Waals surface area contributed by atoms with Crippen molar-refractivity contribution in [3.8, 4) is 106 Å². The first-order valence-electron chi connectivity index (χ1n) is 24.9. The van der Waals surface area contributed by atoms with Gasteiger partial charge in [-0.3, -0.25) is 0 Å². The van der Waals surface area contributed by atoms with E-state index in [1.807, 2.05) is 24.3 Å². The van der Waals surface area contributed by atoms with E-state index in [0.717, 1.165) is 56.0 Å². The highest BCUT2D eigenvalue weighted by Crippen LogP contribution is 2.46. The van der Waals surface area contributed by atoms with Gasteiger partial charge in [0.1, 0.15) is 0 Å². The highest BCUT2D eigenvalue weighted by atomic mass is 15.0. The van der Waals surface area contributed by atoms with Gasteiger partial charge in [-0.2, -0.15) is 0 Å². The zero-order chi connectivity index (χ0) is 48.5. The van der Waals surface area contributed by atoms with E-state index in [1.165, 1.54) is 66.3 Å². The fourth-order valence-electron chi connectivity index (χ4n) is 10.4. The molecule has 0 aliphatic rings. The third kappa shape index (κ3) is 8.39. The Balaban J connectivity index is 0.922. The molecular weight excluding hydrogens is 883 g/mol. The van der Waals surface area contributed by atoms with Gasteiger partial charge in [-0.15, -0.1) is 0 Å². The first-order valence-corrected chi connectivity index (χ1v) is 24.9. The van der Waals surface area contributed by atoms with E-state index in [0.29, 0.717) is 5.82 Å². The first-order chi connectivity index (χ1) is 36.2. The van der Waals surface area contributed by atoms with E-state index in [9.17, 15) is 0 Å². The summed E-state index contributed by atoms with van der Waals surface area (Å²) in [5.41, 5.74) is 22.3. The van der Waals surface area contributed by atoms with Crippen LogP contribution in [0, 0.1) is 0 Å². The SMILES string of the molecule is c1ccc(-c2ccc(-c3cc(-c4ccc(-c5cccc(-c6cc(-c7ccccc7)cc(-c7ccc8c(c7)c7ccccc7n8-c7ccccc7)c6-c6ccccc6)c5)cc4)nc(-c4ccccc4)n3)cc2)cc1. The van der Waals surface area contributed by atoms with E-state index in [-0.39, 0.29) is 0 Å². The molecule has 0 bridgehead atoms. The molecule has 0 saturated heterocycles. The maximum absolute atomic E-state index is 5.16. The van der Waals surface area contributed by atoms with E-state index in [1.54, 1.807) is 0 Å². The van der Waals surface area contributed by atoms with Crippen LogP contribution in [0.4, 0.5) is 0 Å². The Morgan fingerprint density at radius 3 is 1.25 bits per heavy atom. The van der Waals surface area contributed by atoms with Crippen LogP contribution in [0.3, 0.4) is 0 Å². The number of hydrogen-bond acceptors (Lipinski definition) is 2. The molecule has 0 aliphatic carbocycles. The Kier molecular flexibility index (Phi) is 11.2. The smallest absolute Gasteiger partial charge is 0.160 e. The molecule has 3 heteroatoms. The molecule has 13 rings (SSSR count). The Morgan fingerprint density at radius 2 is 0.644 bits per heavy atom. The Bertz CT molecular complexity index is 4070. The van der Waals surface area contributed by atoms with E-state index in [2.05, 4.69) is 265 Å². The fourth-order valence-corrected chi connectivity index (χ4v) is 10.4. The molecule has 11 aromatic carbocycles. The summed E-state index contributed by atoms with van der Waals surface area (Å²) >= 11 is 0. The highest BCUT2D eigenvalue weighted by molar-refractivity contribution is 6.11. The molecule has 13 aromatic rings. The standard InChI is InChI=1S/C70H47N3/c1-6-19-48(20-7-1)50-33-37-52(38-34-50)65-47-66(72-70(71-65)55-25-12-4-13-26-55)53-39-35-51(36-40-53)56-27-18-28-57(43-56)62-45-59(49-21-8-2-9-22-49)46-63(69(62)54-23-10-3-11-24-54)58-41-42-68-64(44-58)61-31-16-17-32-67(61)73(68)60-29-14-5-15-30-60/h1-47H. The number of benzene rings is 11. The van der Waals surface area contributed by atoms with Crippen LogP contribution in [0.2, 0.25) is 0 Å². The summed E-state index contributed by atoms with van der Waals surface area (Å²) in [7, 11) is 0. The lowest BCUT2D eigenvalue weighted by molar-refractivity contribution is 1.18. The number of hydrogen-bond donors (Lipinski definition) is 0. The quantitative estimate of drug-likeness (QED) is 0.137. The van der Waals surface area contributed by atoms with Crippen molar-refractivity contribution in [3.63, 3.8) is 0 Å². The van der Waals surface area contributed by atoms with Crippen LogP contribution in [-0.2, 0) is 0 Å². The minimum Gasteiger partial charge on any atom is -0.309 e. The normalized spacial score (nSPS) is 11.3. The average Bonchev–Trinajstić information content (AvgIpc) is 3.82. The summed E-state index contributed by atoms with van der Waals surface area (Å²) in [4.78, 5) is 10.3. The highest BCUT2D eigenvalue weighted by Gasteiger charge is 2.20.